The van der Waals surface area contributed by atoms with E-state index in [9.17, 15) is 13.2 Å². The van der Waals surface area contributed by atoms with Crippen molar-refractivity contribution in [3.63, 3.8) is 0 Å². The Balaban J connectivity index is 2.11. The van der Waals surface area contributed by atoms with Crippen LogP contribution in [0.3, 0.4) is 0 Å². The number of carbonyl (C=O) groups is 1. The molecule has 0 bridgehead atoms. The maximum absolute atomic E-state index is 13.8. The predicted molar refractivity (Wildman–Crippen MR) is 128 cm³/mol. The van der Waals surface area contributed by atoms with Crippen LogP contribution >= 0.6 is 11.6 Å². The van der Waals surface area contributed by atoms with Crippen LogP contribution < -0.4 is 4.74 Å². The van der Waals surface area contributed by atoms with E-state index in [-0.39, 0.29) is 11.4 Å². The summed E-state index contributed by atoms with van der Waals surface area (Å²) in [5, 5.41) is 0.454. The van der Waals surface area contributed by atoms with Gasteiger partial charge in [0, 0.05) is 17.1 Å². The Hall–Kier alpha value is -2.87. The Bertz CT molecular complexity index is 1200. The van der Waals surface area contributed by atoms with Crippen LogP contribution in [0.2, 0.25) is 5.02 Å². The fourth-order valence-electron chi connectivity index (χ4n) is 3.67. The molecule has 33 heavy (non-hydrogen) atoms. The lowest BCUT2D eigenvalue weighted by molar-refractivity contribution is 0.0600. The fraction of sp³-hybridized carbons (Fsp3) is 0.240. The summed E-state index contributed by atoms with van der Waals surface area (Å²) >= 11 is 5.99. The zero-order valence-electron chi connectivity index (χ0n) is 18.7. The second-order valence-electron chi connectivity index (χ2n) is 7.36. The SMILES string of the molecule is CC[C@@H](c1ccccc1)N(Cc1ccc(C(=O)OC)cc1OC)S(=O)(=O)c1ccc(Cl)cc1. The third-order valence-corrected chi connectivity index (χ3v) is 7.49. The minimum absolute atomic E-state index is 0.0446. The van der Waals surface area contributed by atoms with Gasteiger partial charge in [-0.25, -0.2) is 13.2 Å². The number of nitrogens with zero attached hydrogens (tertiary/aromatic N) is 1. The number of esters is 1. The van der Waals surface area contributed by atoms with E-state index >= 15 is 0 Å². The highest BCUT2D eigenvalue weighted by Crippen LogP contribution is 2.34. The van der Waals surface area contributed by atoms with Gasteiger partial charge in [-0.3, -0.25) is 0 Å². The molecule has 0 N–H and O–H groups in total. The number of halogens is 1. The summed E-state index contributed by atoms with van der Waals surface area (Å²) in [5.41, 5.74) is 1.82. The average Bonchev–Trinajstić information content (AvgIpc) is 2.84. The van der Waals surface area contributed by atoms with Gasteiger partial charge in [0.15, 0.2) is 0 Å². The number of benzene rings is 3. The first-order valence-corrected chi connectivity index (χ1v) is 12.2. The molecule has 3 aromatic rings. The van der Waals surface area contributed by atoms with E-state index in [1.807, 2.05) is 37.3 Å². The maximum Gasteiger partial charge on any atom is 0.337 e. The molecule has 3 rings (SSSR count). The van der Waals surface area contributed by atoms with Crippen molar-refractivity contribution in [1.29, 1.82) is 0 Å². The lowest BCUT2D eigenvalue weighted by atomic mass is 10.0. The number of hydrogen-bond acceptors (Lipinski definition) is 5. The zero-order chi connectivity index (χ0) is 24.0. The first kappa shape index (κ1) is 24.8. The van der Waals surface area contributed by atoms with Gasteiger partial charge in [-0.05, 0) is 48.4 Å². The summed E-state index contributed by atoms with van der Waals surface area (Å²) in [6.07, 6.45) is 0.555. The van der Waals surface area contributed by atoms with Crippen LogP contribution in [0.15, 0.2) is 77.7 Å². The molecule has 0 amide bonds. The number of rotatable bonds is 9. The second kappa shape index (κ2) is 10.8. The van der Waals surface area contributed by atoms with Crippen molar-refractivity contribution in [2.45, 2.75) is 30.8 Å². The molecule has 6 nitrogen and oxygen atoms in total. The third-order valence-electron chi connectivity index (χ3n) is 5.37. The van der Waals surface area contributed by atoms with E-state index in [0.717, 1.165) is 5.56 Å². The van der Waals surface area contributed by atoms with E-state index in [1.165, 1.54) is 30.7 Å². The highest BCUT2D eigenvalue weighted by Gasteiger charge is 2.32. The summed E-state index contributed by atoms with van der Waals surface area (Å²) in [7, 11) is -1.13. The Kier molecular flexibility index (Phi) is 8.13. The van der Waals surface area contributed by atoms with Crippen LogP contribution in [0.1, 0.15) is 40.9 Å². The molecule has 8 heteroatoms. The van der Waals surface area contributed by atoms with E-state index < -0.39 is 22.0 Å². The highest BCUT2D eigenvalue weighted by molar-refractivity contribution is 7.89. The summed E-state index contributed by atoms with van der Waals surface area (Å²) < 4.78 is 39.3. The van der Waals surface area contributed by atoms with Crippen LogP contribution in [0, 0.1) is 0 Å². The molecule has 0 heterocycles. The maximum atomic E-state index is 13.8. The van der Waals surface area contributed by atoms with Crippen molar-refractivity contribution in [3.8, 4) is 5.75 Å². The molecule has 0 saturated heterocycles. The normalized spacial score (nSPS) is 12.4. The monoisotopic (exact) mass is 487 g/mol. The lowest BCUT2D eigenvalue weighted by Crippen LogP contribution is -2.34. The van der Waals surface area contributed by atoms with Gasteiger partial charge in [0.1, 0.15) is 5.75 Å². The molecule has 0 aliphatic carbocycles. The van der Waals surface area contributed by atoms with Gasteiger partial charge in [-0.1, -0.05) is 54.9 Å². The first-order valence-electron chi connectivity index (χ1n) is 10.4. The standard InChI is InChI=1S/C25H26ClNO5S/c1-4-23(18-8-6-5-7-9-18)27(33(29,30)22-14-12-21(26)13-15-22)17-20-11-10-19(25(28)32-3)16-24(20)31-2/h5-16,23H,4,17H2,1-3H3/t23-/m0/s1. The van der Waals surface area contributed by atoms with Crippen LogP contribution in [0.25, 0.3) is 0 Å². The molecule has 0 radical (unpaired) electrons. The van der Waals surface area contributed by atoms with E-state index in [4.69, 9.17) is 21.1 Å². The molecule has 0 aliphatic heterocycles. The Morgan fingerprint density at radius 1 is 1.00 bits per heavy atom. The Morgan fingerprint density at radius 3 is 2.24 bits per heavy atom. The van der Waals surface area contributed by atoms with E-state index in [2.05, 4.69) is 0 Å². The molecule has 0 aromatic heterocycles. The van der Waals surface area contributed by atoms with Crippen molar-refractivity contribution in [2.24, 2.45) is 0 Å². The van der Waals surface area contributed by atoms with Crippen LogP contribution in [-0.2, 0) is 21.3 Å². The Labute approximate surface area is 199 Å². The van der Waals surface area contributed by atoms with Crippen molar-refractivity contribution in [3.05, 3.63) is 94.5 Å². The summed E-state index contributed by atoms with van der Waals surface area (Å²) in [4.78, 5) is 12.1. The summed E-state index contributed by atoms with van der Waals surface area (Å²) in [6, 6.07) is 20.0. The third kappa shape index (κ3) is 5.55. The molecule has 0 saturated carbocycles. The summed E-state index contributed by atoms with van der Waals surface area (Å²) in [6.45, 7) is 1.99. The molecule has 0 unspecified atom stereocenters. The second-order valence-corrected chi connectivity index (χ2v) is 9.68. The minimum atomic E-state index is -3.90. The van der Waals surface area contributed by atoms with Gasteiger partial charge >= 0.3 is 5.97 Å². The topological polar surface area (TPSA) is 72.9 Å². The molecule has 0 spiro atoms. The lowest BCUT2D eigenvalue weighted by Gasteiger charge is -2.31. The molecule has 0 aliphatic rings. The minimum Gasteiger partial charge on any atom is -0.496 e. The highest BCUT2D eigenvalue weighted by atomic mass is 35.5. The van der Waals surface area contributed by atoms with Gasteiger partial charge in [0.2, 0.25) is 10.0 Å². The molecule has 1 atom stereocenters. The van der Waals surface area contributed by atoms with Gasteiger partial charge in [-0.2, -0.15) is 4.31 Å². The quantitative estimate of drug-likeness (QED) is 0.374. The Morgan fingerprint density at radius 2 is 1.67 bits per heavy atom. The van der Waals surface area contributed by atoms with Crippen LogP contribution in [-0.4, -0.2) is 32.9 Å². The largest absolute Gasteiger partial charge is 0.496 e. The molecule has 0 fully saturated rings. The molecular weight excluding hydrogens is 462 g/mol. The average molecular weight is 488 g/mol. The van der Waals surface area contributed by atoms with Crippen molar-refractivity contribution >= 4 is 27.6 Å². The molecule has 174 valence electrons. The van der Waals surface area contributed by atoms with Crippen molar-refractivity contribution < 1.29 is 22.7 Å². The van der Waals surface area contributed by atoms with Gasteiger partial charge in [0.05, 0.1) is 30.7 Å². The number of sulfonamides is 1. The number of carbonyl (C=O) groups excluding carboxylic acids is 1. The number of ether oxygens (including phenoxy) is 2. The first-order chi connectivity index (χ1) is 15.8. The van der Waals surface area contributed by atoms with E-state index in [1.54, 1.807) is 30.3 Å². The molecule has 3 aromatic carbocycles. The smallest absolute Gasteiger partial charge is 0.337 e. The number of methoxy groups -OCH3 is 2. The van der Waals surface area contributed by atoms with Crippen LogP contribution in [0.5, 0.6) is 5.75 Å². The van der Waals surface area contributed by atoms with Crippen LogP contribution in [0.4, 0.5) is 0 Å². The predicted octanol–water partition coefficient (Wildman–Crippen LogP) is 5.48. The van der Waals surface area contributed by atoms with Gasteiger partial charge in [-0.15, -0.1) is 0 Å². The molecular formula is C25H26ClNO5S. The fourth-order valence-corrected chi connectivity index (χ4v) is 5.46. The van der Waals surface area contributed by atoms with Crippen molar-refractivity contribution in [2.75, 3.05) is 14.2 Å². The number of hydrogen-bond donors (Lipinski definition) is 0. The van der Waals surface area contributed by atoms with Gasteiger partial charge in [0.25, 0.3) is 0 Å². The van der Waals surface area contributed by atoms with E-state index in [0.29, 0.717) is 28.3 Å². The summed E-state index contributed by atoms with van der Waals surface area (Å²) in [5.74, 6) is -0.0988. The van der Waals surface area contributed by atoms with Crippen molar-refractivity contribution in [1.82, 2.24) is 4.31 Å². The van der Waals surface area contributed by atoms with Gasteiger partial charge < -0.3 is 9.47 Å². The zero-order valence-corrected chi connectivity index (χ0v) is 20.3.